The molecule has 1 aliphatic rings. The lowest BCUT2D eigenvalue weighted by atomic mass is 9.98. The molecule has 7 nitrogen and oxygen atoms in total. The summed E-state index contributed by atoms with van der Waals surface area (Å²) in [5.74, 6) is 4.56. The molecule has 4 heterocycles. The van der Waals surface area contributed by atoms with Crippen LogP contribution in [0.1, 0.15) is 34.5 Å². The lowest BCUT2D eigenvalue weighted by Gasteiger charge is -2.13. The number of carbonyl (C=O) groups excluding carboxylic acids is 1. The summed E-state index contributed by atoms with van der Waals surface area (Å²) >= 11 is 1.26. The third kappa shape index (κ3) is 4.66. The fourth-order valence-corrected chi connectivity index (χ4v) is 6.70. The van der Waals surface area contributed by atoms with Gasteiger partial charge in [-0.25, -0.2) is 19.7 Å². The molecular formula is C24H26N4O3S2. The van der Waals surface area contributed by atoms with Crippen molar-refractivity contribution in [3.63, 3.8) is 0 Å². The Morgan fingerprint density at radius 2 is 2.09 bits per heavy atom. The normalized spacial score (nSPS) is 16.5. The Labute approximate surface area is 197 Å². The molecule has 0 amide bonds. The predicted molar refractivity (Wildman–Crippen MR) is 134 cm³/mol. The first-order valence-electron chi connectivity index (χ1n) is 10.9. The van der Waals surface area contributed by atoms with E-state index in [-0.39, 0.29) is 20.8 Å². The van der Waals surface area contributed by atoms with Crippen molar-refractivity contribution < 1.29 is 9.53 Å². The summed E-state index contributed by atoms with van der Waals surface area (Å²) in [6.45, 7) is 3.13. The Morgan fingerprint density at radius 3 is 2.82 bits per heavy atom. The number of fused-ring (bicyclic) bond motifs is 1. The van der Waals surface area contributed by atoms with Crippen LogP contribution in [0.15, 0.2) is 53.6 Å². The van der Waals surface area contributed by atoms with Gasteiger partial charge in [0.2, 0.25) is 0 Å². The predicted octanol–water partition coefficient (Wildman–Crippen LogP) is 4.03. The first kappa shape index (κ1) is 22.1. The number of hydrogen-bond acceptors (Lipinski definition) is 6. The molecule has 0 aliphatic carbocycles. The molecule has 9 heteroatoms. The highest BCUT2D eigenvalue weighted by atomic mass is 32.3. The van der Waals surface area contributed by atoms with Gasteiger partial charge in [0.15, 0.2) is 12.1 Å². The second-order valence-electron chi connectivity index (χ2n) is 8.63. The molecule has 172 valence electrons. The van der Waals surface area contributed by atoms with Crippen molar-refractivity contribution in [2.75, 3.05) is 30.1 Å². The van der Waals surface area contributed by atoms with Crippen molar-refractivity contribution in [3.8, 4) is 5.82 Å². The number of thiazole rings is 1. The largest absolute Gasteiger partial charge is 0.360 e. The quantitative estimate of drug-likeness (QED) is 0.204. The Hall–Kier alpha value is -2.75. The summed E-state index contributed by atoms with van der Waals surface area (Å²) in [7, 11) is -0.364. The molecule has 0 saturated carbocycles. The van der Waals surface area contributed by atoms with Gasteiger partial charge in [0.05, 0.1) is 22.5 Å². The molecule has 1 saturated heterocycles. The molecule has 5 rings (SSSR count). The van der Waals surface area contributed by atoms with Crippen molar-refractivity contribution in [1.29, 1.82) is 0 Å². The maximum atomic E-state index is 12.6. The number of pyridine rings is 1. The monoisotopic (exact) mass is 482 g/mol. The van der Waals surface area contributed by atoms with E-state index in [0.717, 1.165) is 40.1 Å². The molecule has 0 radical (unpaired) electrons. The van der Waals surface area contributed by atoms with Crippen LogP contribution in [0.2, 0.25) is 0 Å². The zero-order valence-corrected chi connectivity index (χ0v) is 20.3. The summed E-state index contributed by atoms with van der Waals surface area (Å²) in [5, 5.41) is 4.67. The highest BCUT2D eigenvalue weighted by Crippen LogP contribution is 2.57. The molecule has 33 heavy (non-hydrogen) atoms. The summed E-state index contributed by atoms with van der Waals surface area (Å²) in [6.07, 6.45) is 6.54. The van der Waals surface area contributed by atoms with Gasteiger partial charge in [0.1, 0.15) is 6.73 Å². The zero-order chi connectivity index (χ0) is 23.0. The van der Waals surface area contributed by atoms with Crippen LogP contribution in [0.5, 0.6) is 0 Å². The second kappa shape index (κ2) is 8.89. The van der Waals surface area contributed by atoms with Crippen molar-refractivity contribution in [1.82, 2.24) is 19.3 Å². The molecule has 0 N–H and O–H groups in total. The van der Waals surface area contributed by atoms with Crippen LogP contribution in [0.25, 0.3) is 16.0 Å². The zero-order valence-electron chi connectivity index (χ0n) is 18.6. The molecule has 0 spiro atoms. The smallest absolute Gasteiger partial charge is 0.310 e. The lowest BCUT2D eigenvalue weighted by molar-refractivity contribution is 0.0914. The van der Waals surface area contributed by atoms with E-state index in [1.54, 1.807) is 21.4 Å². The lowest BCUT2D eigenvalue weighted by Crippen LogP contribution is -2.16. The number of benzene rings is 1. The Balaban J connectivity index is 1.31. The van der Waals surface area contributed by atoms with Gasteiger partial charge in [-0.05, 0) is 53.7 Å². The van der Waals surface area contributed by atoms with E-state index in [0.29, 0.717) is 18.1 Å². The van der Waals surface area contributed by atoms with E-state index in [9.17, 15) is 9.59 Å². The Bertz CT molecular complexity index is 1350. The second-order valence-corrected chi connectivity index (χ2v) is 13.8. The van der Waals surface area contributed by atoms with Crippen molar-refractivity contribution in [2.24, 2.45) is 0 Å². The topological polar surface area (TPSA) is 79.0 Å². The van der Waals surface area contributed by atoms with E-state index >= 15 is 0 Å². The maximum Gasteiger partial charge on any atom is 0.310 e. The molecular weight excluding hydrogens is 456 g/mol. The standard InChI is InChI=1S/C24H26N4O3S2/c1-17(20-7-8-28(26-20)23-6-3-18(15-29)14-25-23)19-4-5-21-22(13-19)32-24(30)27(21)16-31-9-10-33(2)11-12-33/h3-8,13-15,17H,9-12,16H2,1-2H3. The van der Waals surface area contributed by atoms with E-state index in [2.05, 4.69) is 35.4 Å². The first-order valence-corrected chi connectivity index (χ1v) is 14.2. The molecule has 1 unspecified atom stereocenters. The highest BCUT2D eigenvalue weighted by Gasteiger charge is 2.30. The number of hydrogen-bond donors (Lipinski definition) is 0. The van der Waals surface area contributed by atoms with Gasteiger partial charge in [-0.2, -0.15) is 5.10 Å². The van der Waals surface area contributed by atoms with E-state index in [1.807, 2.05) is 18.3 Å². The first-order chi connectivity index (χ1) is 16.0. The summed E-state index contributed by atoms with van der Waals surface area (Å²) in [4.78, 5) is 27.7. The van der Waals surface area contributed by atoms with Gasteiger partial charge >= 0.3 is 4.87 Å². The van der Waals surface area contributed by atoms with Crippen molar-refractivity contribution >= 4 is 37.9 Å². The molecule has 4 aromatic rings. The van der Waals surface area contributed by atoms with Gasteiger partial charge in [-0.15, -0.1) is 0 Å². The molecule has 1 atom stereocenters. The molecule has 1 aromatic carbocycles. The average molecular weight is 483 g/mol. The summed E-state index contributed by atoms with van der Waals surface area (Å²) in [6, 6.07) is 11.6. The van der Waals surface area contributed by atoms with Crippen LogP contribution >= 0.6 is 21.4 Å². The number of aldehydes is 1. The summed E-state index contributed by atoms with van der Waals surface area (Å²) < 4.78 is 10.2. The van der Waals surface area contributed by atoms with Gasteiger partial charge < -0.3 is 4.74 Å². The molecule has 1 fully saturated rings. The van der Waals surface area contributed by atoms with Crippen LogP contribution in [0.4, 0.5) is 0 Å². The van der Waals surface area contributed by atoms with Gasteiger partial charge in [0, 0.05) is 29.6 Å². The third-order valence-electron chi connectivity index (χ3n) is 6.23. The number of ether oxygens (including phenoxy) is 1. The number of nitrogens with zero attached hydrogens (tertiary/aromatic N) is 4. The Kier molecular flexibility index (Phi) is 5.94. The van der Waals surface area contributed by atoms with Crippen LogP contribution in [-0.4, -0.2) is 55.7 Å². The maximum absolute atomic E-state index is 12.6. The Morgan fingerprint density at radius 1 is 1.24 bits per heavy atom. The van der Waals surface area contributed by atoms with Crippen LogP contribution < -0.4 is 4.87 Å². The number of aromatic nitrogens is 4. The molecule has 3 aromatic heterocycles. The highest BCUT2D eigenvalue weighted by molar-refractivity contribution is 8.38. The minimum atomic E-state index is -0.364. The van der Waals surface area contributed by atoms with E-state index < -0.39 is 0 Å². The third-order valence-corrected chi connectivity index (χ3v) is 10.1. The molecule has 0 bridgehead atoms. The number of carbonyl (C=O) groups is 1. The summed E-state index contributed by atoms with van der Waals surface area (Å²) in [5.41, 5.74) is 3.44. The minimum absolute atomic E-state index is 0.00825. The van der Waals surface area contributed by atoms with Gasteiger partial charge in [0.25, 0.3) is 0 Å². The average Bonchev–Trinajstić information content (AvgIpc) is 3.23. The molecule has 1 aliphatic heterocycles. The van der Waals surface area contributed by atoms with Crippen LogP contribution in [0.3, 0.4) is 0 Å². The van der Waals surface area contributed by atoms with E-state index in [1.165, 1.54) is 29.0 Å². The van der Waals surface area contributed by atoms with Gasteiger partial charge in [-0.1, -0.05) is 24.3 Å². The van der Waals surface area contributed by atoms with Crippen LogP contribution in [-0.2, 0) is 11.5 Å². The SMILES string of the molecule is CC(c1ccc2c(c1)sc(=O)n2COCCS1(C)CC1)c1ccn(-c2ccc(C=O)cn2)n1. The van der Waals surface area contributed by atoms with Crippen molar-refractivity contribution in [3.05, 3.63) is 75.3 Å². The van der Waals surface area contributed by atoms with Crippen LogP contribution in [0, 0.1) is 0 Å². The minimum Gasteiger partial charge on any atom is -0.360 e. The van der Waals surface area contributed by atoms with E-state index in [4.69, 9.17) is 4.74 Å². The fraction of sp³-hybridized carbons (Fsp3) is 0.333. The van der Waals surface area contributed by atoms with Gasteiger partial charge in [-0.3, -0.25) is 14.2 Å². The fourth-order valence-electron chi connectivity index (χ4n) is 3.71. The number of rotatable bonds is 9. The van der Waals surface area contributed by atoms with Crippen molar-refractivity contribution in [2.45, 2.75) is 19.6 Å².